The summed E-state index contributed by atoms with van der Waals surface area (Å²) >= 11 is 0. The number of rotatable bonds is 5. The number of urea groups is 1. The van der Waals surface area contributed by atoms with Gasteiger partial charge in [0.05, 0.1) is 14.2 Å². The Labute approximate surface area is 155 Å². The maximum atomic E-state index is 12.9. The van der Waals surface area contributed by atoms with Gasteiger partial charge in [-0.1, -0.05) is 0 Å². The number of nitrogens with zero attached hydrogens (tertiary/aromatic N) is 2. The molecular weight excluding hydrogens is 330 g/mol. The van der Waals surface area contributed by atoms with Crippen LogP contribution in [0, 0.1) is 11.8 Å². The van der Waals surface area contributed by atoms with E-state index >= 15 is 0 Å². The van der Waals surface area contributed by atoms with Crippen molar-refractivity contribution in [3.05, 3.63) is 18.2 Å². The molecule has 142 valence electrons. The third kappa shape index (κ3) is 3.75. The molecular formula is C20H29N3O3. The highest BCUT2D eigenvalue weighted by atomic mass is 16.5. The van der Waals surface area contributed by atoms with E-state index in [-0.39, 0.29) is 6.03 Å². The number of nitrogens with one attached hydrogen (secondary N) is 1. The molecule has 5 rings (SSSR count). The minimum Gasteiger partial charge on any atom is -0.493 e. The van der Waals surface area contributed by atoms with E-state index < -0.39 is 0 Å². The third-order valence-corrected chi connectivity index (χ3v) is 5.94. The van der Waals surface area contributed by atoms with Gasteiger partial charge in [-0.3, -0.25) is 4.90 Å². The Balaban J connectivity index is 1.42. The second-order valence-corrected chi connectivity index (χ2v) is 7.90. The summed E-state index contributed by atoms with van der Waals surface area (Å²) in [5.41, 5.74) is 0.735. The van der Waals surface area contributed by atoms with Crippen molar-refractivity contribution < 1.29 is 14.3 Å². The molecule has 0 aromatic heterocycles. The summed E-state index contributed by atoms with van der Waals surface area (Å²) in [6, 6.07) is 5.99. The fourth-order valence-corrected chi connectivity index (χ4v) is 4.32. The lowest BCUT2D eigenvalue weighted by atomic mass is 9.95. The van der Waals surface area contributed by atoms with E-state index in [0.717, 1.165) is 31.2 Å². The number of hydrogen-bond donors (Lipinski definition) is 1. The predicted octanol–water partition coefficient (Wildman–Crippen LogP) is 3.04. The molecule has 0 spiro atoms. The Bertz CT molecular complexity index is 662. The molecule has 6 nitrogen and oxygen atoms in total. The predicted molar refractivity (Wildman–Crippen MR) is 101 cm³/mol. The van der Waals surface area contributed by atoms with Crippen molar-refractivity contribution >= 4 is 11.7 Å². The molecule has 2 atom stereocenters. The summed E-state index contributed by atoms with van der Waals surface area (Å²) in [6.45, 7) is 4.08. The van der Waals surface area contributed by atoms with E-state index in [2.05, 4.69) is 10.2 Å². The maximum absolute atomic E-state index is 12.9. The normalized spacial score (nSPS) is 25.7. The van der Waals surface area contributed by atoms with Gasteiger partial charge < -0.3 is 19.7 Å². The van der Waals surface area contributed by atoms with Gasteiger partial charge in [0.15, 0.2) is 11.5 Å². The average Bonchev–Trinajstić information content (AvgIpc) is 3.49. The maximum Gasteiger partial charge on any atom is 0.321 e. The lowest BCUT2D eigenvalue weighted by Crippen LogP contribution is -2.45. The molecule has 1 saturated carbocycles. The molecule has 3 heterocycles. The van der Waals surface area contributed by atoms with Gasteiger partial charge >= 0.3 is 6.03 Å². The standard InChI is InChI=1S/C20H29N3O3/c1-25-18-8-6-16(9-19(18)26-2)21-20(24)23-12-15-5-7-17(13-23)22(11-15)10-14-3-4-14/h6,8-9,14-15,17H,3-5,7,10-13H2,1-2H3,(H,21,24)/t15-,17-/m0/s1. The lowest BCUT2D eigenvalue weighted by Gasteiger charge is -2.36. The summed E-state index contributed by atoms with van der Waals surface area (Å²) < 4.78 is 10.6. The zero-order valence-electron chi connectivity index (χ0n) is 15.7. The summed E-state index contributed by atoms with van der Waals surface area (Å²) in [5.74, 6) is 2.79. The minimum atomic E-state index is -0.0117. The number of amides is 2. The number of fused-ring (bicyclic) bond motifs is 4. The molecule has 1 aliphatic carbocycles. The number of ether oxygens (including phenoxy) is 2. The van der Waals surface area contributed by atoms with E-state index in [9.17, 15) is 4.79 Å². The molecule has 26 heavy (non-hydrogen) atoms. The zero-order valence-corrected chi connectivity index (χ0v) is 15.7. The van der Waals surface area contributed by atoms with Crippen molar-refractivity contribution in [3.8, 4) is 11.5 Å². The minimum absolute atomic E-state index is 0.0117. The molecule has 1 N–H and O–H groups in total. The van der Waals surface area contributed by atoms with Crippen LogP contribution in [0.1, 0.15) is 25.7 Å². The number of carbonyl (C=O) groups is 1. The van der Waals surface area contributed by atoms with Gasteiger partial charge in [0, 0.05) is 44.0 Å². The second-order valence-electron chi connectivity index (χ2n) is 7.90. The van der Waals surface area contributed by atoms with Crippen LogP contribution in [0.4, 0.5) is 10.5 Å². The van der Waals surface area contributed by atoms with Crippen molar-refractivity contribution in [3.63, 3.8) is 0 Å². The van der Waals surface area contributed by atoms with Crippen LogP contribution >= 0.6 is 0 Å². The van der Waals surface area contributed by atoms with Gasteiger partial charge in [0.1, 0.15) is 0 Å². The van der Waals surface area contributed by atoms with E-state index in [1.165, 1.54) is 32.2 Å². The van der Waals surface area contributed by atoms with Crippen LogP contribution in [0.2, 0.25) is 0 Å². The van der Waals surface area contributed by atoms with Crippen LogP contribution in [0.3, 0.4) is 0 Å². The highest BCUT2D eigenvalue weighted by Gasteiger charge is 2.38. The Morgan fingerprint density at radius 3 is 2.62 bits per heavy atom. The van der Waals surface area contributed by atoms with Crippen LogP contribution in [0.5, 0.6) is 11.5 Å². The lowest BCUT2D eigenvalue weighted by molar-refractivity contribution is 0.126. The molecule has 6 heteroatoms. The fourth-order valence-electron chi connectivity index (χ4n) is 4.32. The first-order valence-corrected chi connectivity index (χ1v) is 9.68. The number of carbonyl (C=O) groups excluding carboxylic acids is 1. The molecule has 1 aromatic carbocycles. The summed E-state index contributed by atoms with van der Waals surface area (Å²) in [6.07, 6.45) is 5.23. The van der Waals surface area contributed by atoms with Crippen LogP contribution in [-0.2, 0) is 0 Å². The number of piperidine rings is 1. The second kappa shape index (κ2) is 7.35. The number of methoxy groups -OCH3 is 2. The van der Waals surface area contributed by atoms with Gasteiger partial charge in [-0.15, -0.1) is 0 Å². The van der Waals surface area contributed by atoms with Crippen LogP contribution in [0.15, 0.2) is 18.2 Å². The highest BCUT2D eigenvalue weighted by molar-refractivity contribution is 5.89. The quantitative estimate of drug-likeness (QED) is 0.878. The van der Waals surface area contributed by atoms with Crippen molar-refractivity contribution in [2.45, 2.75) is 31.7 Å². The van der Waals surface area contributed by atoms with Crippen molar-refractivity contribution in [1.82, 2.24) is 9.80 Å². The molecule has 0 unspecified atom stereocenters. The Kier molecular flexibility index (Phi) is 4.94. The first-order chi connectivity index (χ1) is 12.7. The SMILES string of the molecule is COc1ccc(NC(=O)N2C[C@H]3CC[C@@H](C2)N(CC2CC2)C3)cc1OC. The molecule has 2 amide bonds. The largest absolute Gasteiger partial charge is 0.493 e. The van der Waals surface area contributed by atoms with E-state index in [4.69, 9.17) is 9.47 Å². The van der Waals surface area contributed by atoms with Crippen LogP contribution in [-0.4, -0.2) is 62.3 Å². The van der Waals surface area contributed by atoms with Gasteiger partial charge in [-0.05, 0) is 49.7 Å². The van der Waals surface area contributed by atoms with Gasteiger partial charge in [-0.25, -0.2) is 4.79 Å². The average molecular weight is 359 g/mol. The fraction of sp³-hybridized carbons (Fsp3) is 0.650. The summed E-state index contributed by atoms with van der Waals surface area (Å²) in [4.78, 5) is 17.5. The zero-order chi connectivity index (χ0) is 18.1. The number of hydrogen-bond acceptors (Lipinski definition) is 4. The van der Waals surface area contributed by atoms with Crippen molar-refractivity contribution in [2.24, 2.45) is 11.8 Å². The van der Waals surface area contributed by atoms with Crippen molar-refractivity contribution in [1.29, 1.82) is 0 Å². The van der Waals surface area contributed by atoms with Crippen LogP contribution in [0.25, 0.3) is 0 Å². The molecule has 3 aliphatic heterocycles. The summed E-state index contributed by atoms with van der Waals surface area (Å²) in [7, 11) is 3.21. The van der Waals surface area contributed by atoms with Crippen LogP contribution < -0.4 is 14.8 Å². The van der Waals surface area contributed by atoms with E-state index in [1.807, 2.05) is 23.1 Å². The first-order valence-electron chi connectivity index (χ1n) is 9.68. The summed E-state index contributed by atoms with van der Waals surface area (Å²) in [5, 5.41) is 3.04. The van der Waals surface area contributed by atoms with Gasteiger partial charge in [0.2, 0.25) is 0 Å². The molecule has 0 radical (unpaired) electrons. The highest BCUT2D eigenvalue weighted by Crippen LogP contribution is 2.35. The third-order valence-electron chi connectivity index (χ3n) is 5.94. The number of benzene rings is 1. The number of anilines is 1. The molecule has 2 bridgehead atoms. The molecule has 4 aliphatic rings. The van der Waals surface area contributed by atoms with Crippen molar-refractivity contribution in [2.75, 3.05) is 45.7 Å². The van der Waals surface area contributed by atoms with Gasteiger partial charge in [0.25, 0.3) is 0 Å². The molecule has 3 saturated heterocycles. The monoisotopic (exact) mass is 359 g/mol. The first kappa shape index (κ1) is 17.5. The van der Waals surface area contributed by atoms with E-state index in [1.54, 1.807) is 14.2 Å². The van der Waals surface area contributed by atoms with E-state index in [0.29, 0.717) is 23.5 Å². The molecule has 1 aromatic rings. The Morgan fingerprint density at radius 1 is 1.08 bits per heavy atom. The van der Waals surface area contributed by atoms with Gasteiger partial charge in [-0.2, -0.15) is 0 Å². The Hall–Kier alpha value is -1.95. The smallest absolute Gasteiger partial charge is 0.321 e. The molecule has 4 fully saturated rings. The Morgan fingerprint density at radius 2 is 1.88 bits per heavy atom. The topological polar surface area (TPSA) is 54.0 Å².